The van der Waals surface area contributed by atoms with Gasteiger partial charge in [-0.3, -0.25) is 0 Å². The van der Waals surface area contributed by atoms with E-state index in [1.54, 1.807) is 18.3 Å². The molecular weight excluding hydrogens is 384 g/mol. The number of hydrogen-bond acceptors (Lipinski definition) is 5. The molecule has 0 saturated heterocycles. The Morgan fingerprint density at radius 1 is 1.00 bits per heavy atom. The lowest BCUT2D eigenvalue weighted by Crippen LogP contribution is -2.22. The molecule has 1 aliphatic carbocycles. The van der Waals surface area contributed by atoms with Crippen molar-refractivity contribution >= 4 is 23.2 Å². The summed E-state index contributed by atoms with van der Waals surface area (Å²) in [6.45, 7) is 0.573. The molecule has 2 aromatic heterocycles. The Morgan fingerprint density at radius 3 is 2.66 bits per heavy atom. The minimum atomic E-state index is 0.257. The Hall–Kier alpha value is -2.79. The quantitative estimate of drug-likeness (QED) is 0.476. The van der Waals surface area contributed by atoms with Crippen molar-refractivity contribution in [1.82, 2.24) is 9.97 Å². The fraction of sp³-hybridized carbons (Fsp3) is 0.304. The van der Waals surface area contributed by atoms with Gasteiger partial charge < -0.3 is 15.7 Å². The molecule has 1 aliphatic rings. The van der Waals surface area contributed by atoms with Crippen LogP contribution in [-0.4, -0.2) is 21.1 Å². The van der Waals surface area contributed by atoms with Gasteiger partial charge in [-0.05, 0) is 48.7 Å². The van der Waals surface area contributed by atoms with E-state index in [0.29, 0.717) is 17.6 Å². The van der Waals surface area contributed by atoms with Crippen LogP contribution < -0.4 is 10.6 Å². The molecule has 0 spiro atoms. The second-order valence-electron chi connectivity index (χ2n) is 7.46. The van der Waals surface area contributed by atoms with Gasteiger partial charge in [0.1, 0.15) is 17.4 Å². The summed E-state index contributed by atoms with van der Waals surface area (Å²) in [5.74, 6) is 1.85. The minimum Gasteiger partial charge on any atom is -0.508 e. The van der Waals surface area contributed by atoms with E-state index in [2.05, 4.69) is 15.6 Å². The highest BCUT2D eigenvalue weighted by molar-refractivity contribution is 6.33. The fourth-order valence-electron chi connectivity index (χ4n) is 3.71. The lowest BCUT2D eigenvalue weighted by Gasteiger charge is -2.23. The van der Waals surface area contributed by atoms with Crippen molar-refractivity contribution in [3.8, 4) is 17.0 Å². The maximum atomic E-state index is 9.61. The van der Waals surface area contributed by atoms with E-state index in [-0.39, 0.29) is 5.75 Å². The van der Waals surface area contributed by atoms with Gasteiger partial charge in [0.05, 0.1) is 10.7 Å². The highest BCUT2D eigenvalue weighted by Gasteiger charge is 2.15. The number of nitrogens with zero attached hydrogens (tertiary/aromatic N) is 2. The fourth-order valence-corrected chi connectivity index (χ4v) is 3.91. The summed E-state index contributed by atoms with van der Waals surface area (Å²) in [4.78, 5) is 9.17. The van der Waals surface area contributed by atoms with E-state index < -0.39 is 0 Å². The van der Waals surface area contributed by atoms with E-state index in [1.807, 2.05) is 36.4 Å². The molecular formula is C23H25ClN4O. The first kappa shape index (κ1) is 19.5. The van der Waals surface area contributed by atoms with Crippen molar-refractivity contribution in [2.24, 2.45) is 0 Å². The van der Waals surface area contributed by atoms with Gasteiger partial charge >= 0.3 is 0 Å². The van der Waals surface area contributed by atoms with Crippen LogP contribution in [0.25, 0.3) is 11.3 Å². The summed E-state index contributed by atoms with van der Waals surface area (Å²) in [5.41, 5.74) is 2.64. The Labute approximate surface area is 176 Å². The number of rotatable bonds is 6. The first-order valence-electron chi connectivity index (χ1n) is 10.1. The number of halogens is 1. The molecule has 0 amide bonds. The molecule has 29 heavy (non-hydrogen) atoms. The number of nitrogens with one attached hydrogen (secondary N) is 2. The van der Waals surface area contributed by atoms with Crippen molar-refractivity contribution in [1.29, 1.82) is 0 Å². The van der Waals surface area contributed by atoms with Crippen molar-refractivity contribution in [2.45, 2.75) is 44.7 Å². The van der Waals surface area contributed by atoms with Gasteiger partial charge in [0.2, 0.25) is 0 Å². The molecule has 0 aliphatic heterocycles. The van der Waals surface area contributed by atoms with Crippen LogP contribution in [0.4, 0.5) is 11.6 Å². The number of pyridine rings is 2. The molecule has 3 N–H and O–H groups in total. The molecule has 0 bridgehead atoms. The summed E-state index contributed by atoms with van der Waals surface area (Å²) in [6, 6.07) is 15.5. The number of aromatic nitrogens is 2. The highest BCUT2D eigenvalue weighted by Crippen LogP contribution is 2.30. The second kappa shape index (κ2) is 9.14. The molecule has 1 fully saturated rings. The summed E-state index contributed by atoms with van der Waals surface area (Å²) < 4.78 is 0. The Kier molecular flexibility index (Phi) is 6.15. The van der Waals surface area contributed by atoms with Crippen LogP contribution >= 0.6 is 11.6 Å². The first-order valence-corrected chi connectivity index (χ1v) is 10.5. The van der Waals surface area contributed by atoms with Crippen LogP contribution in [-0.2, 0) is 6.54 Å². The van der Waals surface area contributed by atoms with Crippen molar-refractivity contribution in [2.75, 3.05) is 10.6 Å². The predicted molar refractivity (Wildman–Crippen MR) is 118 cm³/mol. The van der Waals surface area contributed by atoms with E-state index >= 15 is 0 Å². The van der Waals surface area contributed by atoms with Crippen molar-refractivity contribution in [3.63, 3.8) is 0 Å². The van der Waals surface area contributed by atoms with Crippen LogP contribution in [0.5, 0.6) is 5.75 Å². The van der Waals surface area contributed by atoms with E-state index in [1.165, 1.54) is 32.1 Å². The number of benzene rings is 1. The van der Waals surface area contributed by atoms with Crippen LogP contribution in [0, 0.1) is 0 Å². The van der Waals surface area contributed by atoms with Gasteiger partial charge in [-0.1, -0.05) is 49.1 Å². The van der Waals surface area contributed by atoms with Gasteiger partial charge in [0.15, 0.2) is 0 Å². The molecule has 5 nitrogen and oxygen atoms in total. The van der Waals surface area contributed by atoms with Crippen LogP contribution in [0.2, 0.25) is 5.02 Å². The maximum Gasteiger partial charge on any atom is 0.126 e. The van der Waals surface area contributed by atoms with Crippen molar-refractivity contribution in [3.05, 3.63) is 65.3 Å². The monoisotopic (exact) mass is 408 g/mol. The maximum absolute atomic E-state index is 9.61. The lowest BCUT2D eigenvalue weighted by molar-refractivity contribution is 0.462. The van der Waals surface area contributed by atoms with Crippen molar-refractivity contribution < 1.29 is 5.11 Å². The summed E-state index contributed by atoms with van der Waals surface area (Å²) in [5, 5.41) is 17.0. The second-order valence-corrected chi connectivity index (χ2v) is 7.87. The number of phenols is 1. The zero-order chi connectivity index (χ0) is 20.1. The summed E-state index contributed by atoms with van der Waals surface area (Å²) >= 11 is 6.44. The molecule has 0 radical (unpaired) electrons. The topological polar surface area (TPSA) is 70.1 Å². The standard InChI is InChI=1S/C23H25ClN4O/c24-20-15-26-23(27-17-7-2-1-3-8-17)13-19(20)21-10-5-11-22(28-21)25-14-16-6-4-9-18(29)12-16/h4-6,9-13,15,17,29H,1-3,7-8,14H2,(H,25,28)(H,26,27). The number of aromatic hydroxyl groups is 1. The smallest absolute Gasteiger partial charge is 0.126 e. The zero-order valence-electron chi connectivity index (χ0n) is 16.2. The highest BCUT2D eigenvalue weighted by atomic mass is 35.5. The largest absolute Gasteiger partial charge is 0.508 e. The molecule has 3 aromatic rings. The third kappa shape index (κ3) is 5.18. The Bertz CT molecular complexity index is 973. The zero-order valence-corrected chi connectivity index (χ0v) is 17.0. The normalized spacial score (nSPS) is 14.5. The number of hydrogen-bond donors (Lipinski definition) is 3. The molecule has 0 atom stereocenters. The SMILES string of the molecule is Oc1cccc(CNc2cccc(-c3cc(NC4CCCCC4)ncc3Cl)n2)c1. The molecule has 150 valence electrons. The van der Waals surface area contributed by atoms with Gasteiger partial charge in [-0.15, -0.1) is 0 Å². The average molecular weight is 409 g/mol. The molecule has 4 rings (SSSR count). The van der Waals surface area contributed by atoms with Crippen LogP contribution in [0.15, 0.2) is 54.7 Å². The third-order valence-electron chi connectivity index (χ3n) is 5.22. The van der Waals surface area contributed by atoms with Crippen LogP contribution in [0.3, 0.4) is 0 Å². The molecule has 1 saturated carbocycles. The molecule has 6 heteroatoms. The van der Waals surface area contributed by atoms with E-state index in [9.17, 15) is 5.11 Å². The summed E-state index contributed by atoms with van der Waals surface area (Å²) in [6.07, 6.45) is 7.93. The minimum absolute atomic E-state index is 0.257. The number of anilines is 2. The van der Waals surface area contributed by atoms with E-state index in [0.717, 1.165) is 28.5 Å². The first-order chi connectivity index (χ1) is 14.2. The van der Waals surface area contributed by atoms with Gasteiger partial charge in [-0.2, -0.15) is 0 Å². The van der Waals surface area contributed by atoms with E-state index in [4.69, 9.17) is 16.6 Å². The molecule has 1 aromatic carbocycles. The number of phenolic OH excluding ortho intramolecular Hbond substituents is 1. The van der Waals surface area contributed by atoms with Gasteiger partial charge in [-0.25, -0.2) is 9.97 Å². The summed E-state index contributed by atoms with van der Waals surface area (Å²) in [7, 11) is 0. The average Bonchev–Trinajstić information content (AvgIpc) is 2.75. The Balaban J connectivity index is 1.50. The third-order valence-corrected chi connectivity index (χ3v) is 5.52. The van der Waals surface area contributed by atoms with Gasteiger partial charge in [0.25, 0.3) is 0 Å². The van der Waals surface area contributed by atoms with Gasteiger partial charge in [0, 0.05) is 24.3 Å². The Morgan fingerprint density at radius 2 is 1.83 bits per heavy atom. The lowest BCUT2D eigenvalue weighted by atomic mass is 9.95. The predicted octanol–water partition coefficient (Wildman–Crippen LogP) is 5.86. The van der Waals surface area contributed by atoms with Crippen LogP contribution in [0.1, 0.15) is 37.7 Å². The molecule has 0 unspecified atom stereocenters. The molecule has 2 heterocycles.